The molecule has 1 rings (SSSR count). The zero-order valence-corrected chi connectivity index (χ0v) is 12.6. The van der Waals surface area contributed by atoms with Crippen molar-refractivity contribution in [1.29, 1.82) is 0 Å². The van der Waals surface area contributed by atoms with E-state index in [0.29, 0.717) is 12.3 Å². The number of benzene rings is 1. The van der Waals surface area contributed by atoms with Crippen LogP contribution in [0, 0.1) is 5.92 Å². The number of hydrogen-bond acceptors (Lipinski definition) is 3. The SMILES string of the molecule is CC(C)C(=O)CN(C)C(C)c1ccccc1.CC=O. The molecule has 106 valence electrons. The van der Waals surface area contributed by atoms with Gasteiger partial charge in [0.1, 0.15) is 12.1 Å². The van der Waals surface area contributed by atoms with Crippen LogP contribution in [0.25, 0.3) is 0 Å². The molecule has 0 radical (unpaired) electrons. The molecule has 0 aromatic heterocycles. The van der Waals surface area contributed by atoms with E-state index in [1.807, 2.05) is 39.1 Å². The Hall–Kier alpha value is -1.48. The molecule has 0 N–H and O–H groups in total. The van der Waals surface area contributed by atoms with Gasteiger partial charge in [0.05, 0.1) is 6.54 Å². The Kier molecular flexibility index (Phi) is 8.71. The van der Waals surface area contributed by atoms with Crippen LogP contribution in [-0.2, 0) is 9.59 Å². The maximum atomic E-state index is 11.6. The molecule has 0 amide bonds. The van der Waals surface area contributed by atoms with Crippen molar-refractivity contribution in [3.8, 4) is 0 Å². The minimum atomic E-state index is 0.116. The van der Waals surface area contributed by atoms with E-state index < -0.39 is 0 Å². The van der Waals surface area contributed by atoms with Crippen molar-refractivity contribution in [2.45, 2.75) is 33.7 Å². The summed E-state index contributed by atoms with van der Waals surface area (Å²) in [5, 5.41) is 0. The lowest BCUT2D eigenvalue weighted by Gasteiger charge is -2.25. The minimum absolute atomic E-state index is 0.116. The van der Waals surface area contributed by atoms with Crippen molar-refractivity contribution in [3.05, 3.63) is 35.9 Å². The summed E-state index contributed by atoms with van der Waals surface area (Å²) in [6.07, 6.45) is 0.750. The lowest BCUT2D eigenvalue weighted by Crippen LogP contribution is -2.30. The number of aldehydes is 1. The summed E-state index contributed by atoms with van der Waals surface area (Å²) in [6, 6.07) is 10.6. The van der Waals surface area contributed by atoms with Crippen LogP contribution in [0.1, 0.15) is 39.3 Å². The smallest absolute Gasteiger partial charge is 0.149 e. The van der Waals surface area contributed by atoms with Crippen LogP contribution < -0.4 is 0 Å². The van der Waals surface area contributed by atoms with Crippen LogP contribution in [0.3, 0.4) is 0 Å². The standard InChI is InChI=1S/C14H21NO.C2H4O/c1-11(2)14(16)10-15(4)12(3)13-8-6-5-7-9-13;1-2-3/h5-9,11-12H,10H2,1-4H3;2H,1H3. The Morgan fingerprint density at radius 2 is 1.68 bits per heavy atom. The number of hydrogen-bond donors (Lipinski definition) is 0. The summed E-state index contributed by atoms with van der Waals surface area (Å²) >= 11 is 0. The highest BCUT2D eigenvalue weighted by Crippen LogP contribution is 2.18. The van der Waals surface area contributed by atoms with Crippen molar-refractivity contribution in [2.75, 3.05) is 13.6 Å². The van der Waals surface area contributed by atoms with Crippen LogP contribution in [0.2, 0.25) is 0 Å². The molecule has 19 heavy (non-hydrogen) atoms. The topological polar surface area (TPSA) is 37.4 Å². The van der Waals surface area contributed by atoms with Crippen molar-refractivity contribution >= 4 is 12.1 Å². The number of likely N-dealkylation sites (N-methyl/N-ethyl adjacent to an activating group) is 1. The van der Waals surface area contributed by atoms with E-state index in [2.05, 4.69) is 24.0 Å². The minimum Gasteiger partial charge on any atom is -0.304 e. The number of carbonyl (C=O) groups is 2. The monoisotopic (exact) mass is 263 g/mol. The molecule has 0 bridgehead atoms. The number of carbonyl (C=O) groups excluding carboxylic acids is 2. The first kappa shape index (κ1) is 17.5. The molecule has 0 saturated heterocycles. The van der Waals surface area contributed by atoms with Crippen LogP contribution in [0.5, 0.6) is 0 Å². The van der Waals surface area contributed by atoms with Gasteiger partial charge in [-0.1, -0.05) is 44.2 Å². The highest BCUT2D eigenvalue weighted by atomic mass is 16.1. The van der Waals surface area contributed by atoms with E-state index in [0.717, 1.165) is 6.29 Å². The summed E-state index contributed by atoms with van der Waals surface area (Å²) in [4.78, 5) is 22.5. The molecular weight excluding hydrogens is 238 g/mol. The fourth-order valence-electron chi connectivity index (χ4n) is 1.55. The molecule has 3 heteroatoms. The third kappa shape index (κ3) is 6.87. The Balaban J connectivity index is 0.000000982. The molecule has 0 saturated carbocycles. The molecule has 1 atom stereocenters. The second-order valence-corrected chi connectivity index (χ2v) is 4.86. The van der Waals surface area contributed by atoms with Gasteiger partial charge in [-0.2, -0.15) is 0 Å². The summed E-state index contributed by atoms with van der Waals surface area (Å²) < 4.78 is 0. The van der Waals surface area contributed by atoms with Crippen molar-refractivity contribution < 1.29 is 9.59 Å². The molecule has 0 heterocycles. The molecular formula is C16H25NO2. The number of rotatable bonds is 5. The first-order chi connectivity index (χ1) is 8.93. The third-order valence-corrected chi connectivity index (χ3v) is 2.99. The molecule has 0 aliphatic rings. The van der Waals surface area contributed by atoms with Gasteiger partial charge < -0.3 is 4.79 Å². The summed E-state index contributed by atoms with van der Waals surface area (Å²) in [5.74, 6) is 0.413. The number of ketones is 1. The summed E-state index contributed by atoms with van der Waals surface area (Å²) in [6.45, 7) is 7.99. The van der Waals surface area contributed by atoms with Gasteiger partial charge in [-0.3, -0.25) is 9.69 Å². The maximum Gasteiger partial charge on any atom is 0.149 e. The summed E-state index contributed by atoms with van der Waals surface area (Å²) in [7, 11) is 2.00. The normalized spacial score (nSPS) is 11.7. The van der Waals surface area contributed by atoms with E-state index in [-0.39, 0.29) is 12.0 Å². The Bertz CT molecular complexity index is 374. The average molecular weight is 263 g/mol. The van der Waals surface area contributed by atoms with E-state index in [1.54, 1.807) is 0 Å². The molecule has 3 nitrogen and oxygen atoms in total. The Labute approximate surface area is 116 Å². The van der Waals surface area contributed by atoms with Gasteiger partial charge in [0, 0.05) is 12.0 Å². The third-order valence-electron chi connectivity index (χ3n) is 2.99. The van der Waals surface area contributed by atoms with Gasteiger partial charge in [-0.15, -0.1) is 0 Å². The van der Waals surface area contributed by atoms with Gasteiger partial charge in [-0.25, -0.2) is 0 Å². The molecule has 1 aromatic carbocycles. The van der Waals surface area contributed by atoms with Crippen LogP contribution in [0.4, 0.5) is 0 Å². The molecule has 0 fully saturated rings. The zero-order valence-electron chi connectivity index (χ0n) is 12.6. The van der Waals surface area contributed by atoms with Crippen molar-refractivity contribution in [3.63, 3.8) is 0 Å². The molecule has 1 unspecified atom stereocenters. The number of Topliss-reactive ketones (excluding diaryl/α,β-unsaturated/α-hetero) is 1. The molecule has 1 aromatic rings. The zero-order chi connectivity index (χ0) is 14.8. The van der Waals surface area contributed by atoms with Gasteiger partial charge in [0.2, 0.25) is 0 Å². The maximum absolute atomic E-state index is 11.6. The second-order valence-electron chi connectivity index (χ2n) is 4.86. The fourth-order valence-corrected chi connectivity index (χ4v) is 1.55. The predicted octanol–water partition coefficient (Wildman–Crippen LogP) is 3.11. The van der Waals surface area contributed by atoms with Gasteiger partial charge in [-0.05, 0) is 26.5 Å². The molecule has 0 aliphatic heterocycles. The van der Waals surface area contributed by atoms with Gasteiger partial charge in [0.25, 0.3) is 0 Å². The van der Waals surface area contributed by atoms with Crippen molar-refractivity contribution in [2.24, 2.45) is 5.92 Å². The first-order valence-electron chi connectivity index (χ1n) is 6.61. The fraction of sp³-hybridized carbons (Fsp3) is 0.500. The Morgan fingerprint density at radius 3 is 2.11 bits per heavy atom. The quantitative estimate of drug-likeness (QED) is 0.766. The summed E-state index contributed by atoms with van der Waals surface area (Å²) in [5.41, 5.74) is 1.25. The first-order valence-corrected chi connectivity index (χ1v) is 6.61. The predicted molar refractivity (Wildman–Crippen MR) is 79.1 cm³/mol. The largest absolute Gasteiger partial charge is 0.304 e. The van der Waals surface area contributed by atoms with Crippen LogP contribution in [0.15, 0.2) is 30.3 Å². The van der Waals surface area contributed by atoms with Crippen LogP contribution in [-0.4, -0.2) is 30.6 Å². The van der Waals surface area contributed by atoms with Crippen LogP contribution >= 0.6 is 0 Å². The lowest BCUT2D eigenvalue weighted by atomic mass is 10.1. The van der Waals surface area contributed by atoms with Gasteiger partial charge >= 0.3 is 0 Å². The lowest BCUT2D eigenvalue weighted by molar-refractivity contribution is -0.123. The van der Waals surface area contributed by atoms with E-state index in [1.165, 1.54) is 12.5 Å². The van der Waals surface area contributed by atoms with E-state index >= 15 is 0 Å². The molecule has 0 aliphatic carbocycles. The highest BCUT2D eigenvalue weighted by molar-refractivity contribution is 5.82. The second kappa shape index (κ2) is 9.45. The van der Waals surface area contributed by atoms with E-state index in [4.69, 9.17) is 4.79 Å². The Morgan fingerprint density at radius 1 is 1.21 bits per heavy atom. The average Bonchev–Trinajstić information content (AvgIpc) is 2.39. The van der Waals surface area contributed by atoms with E-state index in [9.17, 15) is 4.79 Å². The highest BCUT2D eigenvalue weighted by Gasteiger charge is 2.16. The van der Waals surface area contributed by atoms with Crippen molar-refractivity contribution in [1.82, 2.24) is 4.90 Å². The molecule has 0 spiro atoms. The number of nitrogens with zero attached hydrogens (tertiary/aromatic N) is 1. The van der Waals surface area contributed by atoms with Gasteiger partial charge in [0.15, 0.2) is 0 Å².